The van der Waals surface area contributed by atoms with Crippen molar-refractivity contribution in [3.05, 3.63) is 16.1 Å². The van der Waals surface area contributed by atoms with Crippen molar-refractivity contribution in [2.45, 2.75) is 33.2 Å². The zero-order valence-corrected chi connectivity index (χ0v) is 10.8. The molecule has 2 unspecified atom stereocenters. The highest BCUT2D eigenvalue weighted by Gasteiger charge is 2.16. The Morgan fingerprint density at radius 1 is 1.62 bits per heavy atom. The van der Waals surface area contributed by atoms with E-state index in [-0.39, 0.29) is 17.9 Å². The summed E-state index contributed by atoms with van der Waals surface area (Å²) in [7, 11) is 0. The van der Waals surface area contributed by atoms with Gasteiger partial charge in [0.1, 0.15) is 0 Å². The molecule has 0 aromatic carbocycles. The molecule has 1 aromatic rings. The van der Waals surface area contributed by atoms with Gasteiger partial charge in [-0.05, 0) is 13.3 Å². The van der Waals surface area contributed by atoms with E-state index >= 15 is 0 Å². The van der Waals surface area contributed by atoms with Gasteiger partial charge in [0.25, 0.3) is 0 Å². The molecule has 5 heteroatoms. The van der Waals surface area contributed by atoms with Gasteiger partial charge in [0.2, 0.25) is 5.91 Å². The maximum Gasteiger partial charge on any atom is 0.224 e. The maximum absolute atomic E-state index is 11.6. The van der Waals surface area contributed by atoms with Crippen LogP contribution in [0.5, 0.6) is 0 Å². The average Bonchev–Trinajstić information content (AvgIpc) is 2.76. The fourth-order valence-corrected chi connectivity index (χ4v) is 2.06. The molecule has 1 aromatic heterocycles. The second kappa shape index (κ2) is 5.96. The van der Waals surface area contributed by atoms with Crippen LogP contribution in [0.15, 0.2) is 5.38 Å². The van der Waals surface area contributed by atoms with Crippen LogP contribution >= 0.6 is 11.3 Å². The lowest BCUT2D eigenvalue weighted by atomic mass is 10.1. The minimum absolute atomic E-state index is 0.0129. The zero-order chi connectivity index (χ0) is 12.1. The normalized spacial score (nSPS) is 14.5. The number of carbonyl (C=O) groups excluding carboxylic acids is 1. The van der Waals surface area contributed by atoms with E-state index in [9.17, 15) is 4.79 Å². The van der Waals surface area contributed by atoms with Gasteiger partial charge in [0.15, 0.2) is 0 Å². The molecule has 3 N–H and O–H groups in total. The SMILES string of the molecule is CCc1nc(C(C)NC(=O)C(C)CN)cs1. The molecule has 1 amide bonds. The lowest BCUT2D eigenvalue weighted by Gasteiger charge is -2.14. The van der Waals surface area contributed by atoms with Crippen LogP contribution in [0.3, 0.4) is 0 Å². The van der Waals surface area contributed by atoms with Crippen LogP contribution in [0.25, 0.3) is 0 Å². The topological polar surface area (TPSA) is 68.0 Å². The molecule has 4 nitrogen and oxygen atoms in total. The van der Waals surface area contributed by atoms with E-state index < -0.39 is 0 Å². The largest absolute Gasteiger partial charge is 0.348 e. The highest BCUT2D eigenvalue weighted by Crippen LogP contribution is 2.17. The summed E-state index contributed by atoms with van der Waals surface area (Å²) in [5.41, 5.74) is 6.37. The summed E-state index contributed by atoms with van der Waals surface area (Å²) in [6, 6.07) is -0.0435. The minimum atomic E-state index is -0.147. The minimum Gasteiger partial charge on any atom is -0.348 e. The molecule has 16 heavy (non-hydrogen) atoms. The van der Waals surface area contributed by atoms with Crippen molar-refractivity contribution in [2.24, 2.45) is 11.7 Å². The Hall–Kier alpha value is -0.940. The third kappa shape index (κ3) is 3.28. The van der Waals surface area contributed by atoms with E-state index in [1.54, 1.807) is 11.3 Å². The molecule has 0 radical (unpaired) electrons. The Labute approximate surface area is 100 Å². The monoisotopic (exact) mass is 241 g/mol. The van der Waals surface area contributed by atoms with Crippen LogP contribution in [-0.4, -0.2) is 17.4 Å². The van der Waals surface area contributed by atoms with Crippen molar-refractivity contribution in [1.29, 1.82) is 0 Å². The summed E-state index contributed by atoms with van der Waals surface area (Å²) >= 11 is 1.63. The van der Waals surface area contributed by atoms with Gasteiger partial charge in [-0.25, -0.2) is 4.98 Å². The molecule has 1 rings (SSSR count). The first kappa shape index (κ1) is 13.1. The van der Waals surface area contributed by atoms with Gasteiger partial charge >= 0.3 is 0 Å². The molecule has 0 aliphatic rings. The van der Waals surface area contributed by atoms with E-state index in [2.05, 4.69) is 17.2 Å². The standard InChI is InChI=1S/C11H19N3OS/c1-4-10-14-9(6-16-10)8(3)13-11(15)7(2)5-12/h6-8H,4-5,12H2,1-3H3,(H,13,15). The molecule has 0 aliphatic carbocycles. The fourth-order valence-electron chi connectivity index (χ4n) is 1.22. The molecule has 2 atom stereocenters. The molecule has 0 spiro atoms. The number of nitrogens with zero attached hydrogens (tertiary/aromatic N) is 1. The van der Waals surface area contributed by atoms with Gasteiger partial charge in [-0.2, -0.15) is 0 Å². The first-order valence-corrected chi connectivity index (χ1v) is 6.41. The second-order valence-corrected chi connectivity index (χ2v) is 4.83. The van der Waals surface area contributed by atoms with E-state index in [1.807, 2.05) is 19.2 Å². The first-order chi connectivity index (χ1) is 7.58. The number of thiazole rings is 1. The summed E-state index contributed by atoms with van der Waals surface area (Å²) in [4.78, 5) is 16.1. The zero-order valence-electron chi connectivity index (χ0n) is 9.99. The van der Waals surface area contributed by atoms with Gasteiger partial charge in [-0.1, -0.05) is 13.8 Å². The first-order valence-electron chi connectivity index (χ1n) is 5.53. The number of nitrogens with two attached hydrogens (primary N) is 1. The molecular formula is C11H19N3OS. The third-order valence-corrected chi connectivity index (χ3v) is 3.49. The second-order valence-electron chi connectivity index (χ2n) is 3.89. The van der Waals surface area contributed by atoms with Crippen molar-refractivity contribution in [2.75, 3.05) is 6.54 Å². The quantitative estimate of drug-likeness (QED) is 0.820. The molecule has 0 bridgehead atoms. The Morgan fingerprint density at radius 3 is 2.81 bits per heavy atom. The summed E-state index contributed by atoms with van der Waals surface area (Å²) in [5.74, 6) is -0.159. The van der Waals surface area contributed by atoms with E-state index in [0.717, 1.165) is 17.1 Å². The van der Waals surface area contributed by atoms with Crippen molar-refractivity contribution >= 4 is 17.2 Å². The Bertz CT molecular complexity index is 351. The van der Waals surface area contributed by atoms with Crippen LogP contribution in [-0.2, 0) is 11.2 Å². The smallest absolute Gasteiger partial charge is 0.224 e. The van der Waals surface area contributed by atoms with Crippen LogP contribution in [0.2, 0.25) is 0 Å². The molecular weight excluding hydrogens is 222 g/mol. The van der Waals surface area contributed by atoms with Crippen LogP contribution < -0.4 is 11.1 Å². The van der Waals surface area contributed by atoms with Gasteiger partial charge in [0, 0.05) is 17.8 Å². The Kier molecular flexibility index (Phi) is 4.89. The molecule has 0 saturated heterocycles. The van der Waals surface area contributed by atoms with Crippen molar-refractivity contribution < 1.29 is 4.79 Å². The predicted octanol–water partition coefficient (Wildman–Crippen LogP) is 1.48. The molecule has 0 saturated carbocycles. The average molecular weight is 241 g/mol. The lowest BCUT2D eigenvalue weighted by Crippen LogP contribution is -2.35. The van der Waals surface area contributed by atoms with E-state index in [0.29, 0.717) is 6.54 Å². The maximum atomic E-state index is 11.6. The highest BCUT2D eigenvalue weighted by molar-refractivity contribution is 7.09. The summed E-state index contributed by atoms with van der Waals surface area (Å²) in [6.45, 7) is 6.20. The number of hydrogen-bond acceptors (Lipinski definition) is 4. The van der Waals surface area contributed by atoms with Crippen molar-refractivity contribution in [3.63, 3.8) is 0 Å². The molecule has 0 fully saturated rings. The Morgan fingerprint density at radius 2 is 2.31 bits per heavy atom. The number of rotatable bonds is 5. The van der Waals surface area contributed by atoms with Crippen LogP contribution in [0.1, 0.15) is 37.5 Å². The number of amides is 1. The molecule has 1 heterocycles. The highest BCUT2D eigenvalue weighted by atomic mass is 32.1. The van der Waals surface area contributed by atoms with Gasteiger partial charge < -0.3 is 11.1 Å². The number of aryl methyl sites for hydroxylation is 1. The van der Waals surface area contributed by atoms with Crippen molar-refractivity contribution in [1.82, 2.24) is 10.3 Å². The van der Waals surface area contributed by atoms with Crippen molar-refractivity contribution in [3.8, 4) is 0 Å². The van der Waals surface area contributed by atoms with E-state index in [4.69, 9.17) is 5.73 Å². The van der Waals surface area contributed by atoms with Gasteiger partial charge in [-0.15, -0.1) is 11.3 Å². The lowest BCUT2D eigenvalue weighted by molar-refractivity contribution is -0.124. The predicted molar refractivity (Wildman–Crippen MR) is 66.3 cm³/mol. The van der Waals surface area contributed by atoms with E-state index in [1.165, 1.54) is 0 Å². The van der Waals surface area contributed by atoms with Crippen LogP contribution in [0, 0.1) is 5.92 Å². The molecule has 0 aliphatic heterocycles. The third-order valence-electron chi connectivity index (χ3n) is 2.48. The number of hydrogen-bond donors (Lipinski definition) is 2. The summed E-state index contributed by atoms with van der Waals surface area (Å²) in [6.07, 6.45) is 0.935. The Balaban J connectivity index is 2.58. The van der Waals surface area contributed by atoms with Gasteiger partial charge in [0.05, 0.1) is 16.7 Å². The summed E-state index contributed by atoms with van der Waals surface area (Å²) < 4.78 is 0. The van der Waals surface area contributed by atoms with Crippen LogP contribution in [0.4, 0.5) is 0 Å². The molecule has 90 valence electrons. The van der Waals surface area contributed by atoms with Gasteiger partial charge in [-0.3, -0.25) is 4.79 Å². The number of aromatic nitrogens is 1. The fraction of sp³-hybridized carbons (Fsp3) is 0.636. The number of nitrogens with one attached hydrogen (secondary N) is 1. The summed E-state index contributed by atoms with van der Waals surface area (Å²) in [5, 5.41) is 6.01. The number of carbonyl (C=O) groups is 1.